The van der Waals surface area contributed by atoms with Crippen LogP contribution in [0.3, 0.4) is 0 Å². The Kier molecular flexibility index (Phi) is 6.90. The number of benzene rings is 1. The number of nitrogens with zero attached hydrogens (tertiary/aromatic N) is 5. The van der Waals surface area contributed by atoms with E-state index in [9.17, 15) is 9.59 Å². The summed E-state index contributed by atoms with van der Waals surface area (Å²) in [5, 5.41) is 11.1. The molecule has 0 spiro atoms. The number of amides is 2. The highest BCUT2D eigenvalue weighted by atomic mass is 16.5. The molecule has 34 heavy (non-hydrogen) atoms. The molecule has 1 aliphatic heterocycles. The van der Waals surface area contributed by atoms with Crippen molar-refractivity contribution >= 4 is 17.6 Å². The van der Waals surface area contributed by atoms with Gasteiger partial charge in [-0.25, -0.2) is 4.98 Å². The fourth-order valence-corrected chi connectivity index (χ4v) is 4.13. The number of hydrogen-bond acceptors (Lipinski definition) is 6. The van der Waals surface area contributed by atoms with E-state index in [0.717, 1.165) is 24.0 Å². The number of rotatable bonds is 7. The molecule has 1 N–H and O–H groups in total. The molecule has 0 saturated heterocycles. The smallest absolute Gasteiger partial charge is 0.260 e. The van der Waals surface area contributed by atoms with E-state index in [1.807, 2.05) is 54.5 Å². The molecule has 0 saturated carbocycles. The van der Waals surface area contributed by atoms with Gasteiger partial charge in [0, 0.05) is 25.6 Å². The Morgan fingerprint density at radius 1 is 1.21 bits per heavy atom. The Balaban J connectivity index is 1.58. The Bertz CT molecular complexity index is 1200. The number of pyridine rings is 1. The third-order valence-electron chi connectivity index (χ3n) is 5.94. The van der Waals surface area contributed by atoms with Crippen molar-refractivity contribution in [2.75, 3.05) is 19.0 Å². The van der Waals surface area contributed by atoms with Crippen LogP contribution in [0.25, 0.3) is 11.5 Å². The van der Waals surface area contributed by atoms with Gasteiger partial charge >= 0.3 is 0 Å². The molecule has 178 valence electrons. The van der Waals surface area contributed by atoms with Crippen LogP contribution in [0.1, 0.15) is 61.1 Å². The van der Waals surface area contributed by atoms with E-state index in [0.29, 0.717) is 48.2 Å². The van der Waals surface area contributed by atoms with Crippen molar-refractivity contribution in [2.45, 2.75) is 52.6 Å². The standard InChI is InChI=1S/C25H30N6O3/c1-5-7-23(32)30-11-10-17-13-21(34-4)19(12-18(17)14-30)25(33)28-22-9-6-8-20(27-22)24-29-26-15-31(24)16(2)3/h6,8-9,12-13,15-16H,5,7,10-11,14H2,1-4H3,(H,27,28,33). The average molecular weight is 463 g/mol. The molecule has 1 aromatic carbocycles. The number of anilines is 1. The van der Waals surface area contributed by atoms with Crippen LogP contribution in [-0.2, 0) is 17.8 Å². The first-order valence-corrected chi connectivity index (χ1v) is 11.6. The molecule has 1 aliphatic rings. The van der Waals surface area contributed by atoms with Gasteiger partial charge < -0.3 is 19.5 Å². The van der Waals surface area contributed by atoms with Crippen LogP contribution in [0.2, 0.25) is 0 Å². The first-order valence-electron chi connectivity index (χ1n) is 11.6. The van der Waals surface area contributed by atoms with Gasteiger partial charge in [0.05, 0.1) is 12.7 Å². The van der Waals surface area contributed by atoms with Crippen molar-refractivity contribution in [2.24, 2.45) is 0 Å². The van der Waals surface area contributed by atoms with Crippen LogP contribution in [0.5, 0.6) is 5.75 Å². The number of methoxy groups -OCH3 is 1. The minimum atomic E-state index is -0.327. The Labute approximate surface area is 199 Å². The van der Waals surface area contributed by atoms with Gasteiger partial charge in [0.25, 0.3) is 5.91 Å². The zero-order valence-corrected chi connectivity index (χ0v) is 20.0. The first kappa shape index (κ1) is 23.4. The molecule has 0 fully saturated rings. The summed E-state index contributed by atoms with van der Waals surface area (Å²) < 4.78 is 7.45. The highest BCUT2D eigenvalue weighted by Crippen LogP contribution is 2.29. The van der Waals surface area contributed by atoms with E-state index in [1.165, 1.54) is 0 Å². The second-order valence-electron chi connectivity index (χ2n) is 8.65. The normalized spacial score (nSPS) is 13.0. The van der Waals surface area contributed by atoms with Crippen LogP contribution in [0, 0.1) is 0 Å². The summed E-state index contributed by atoms with van der Waals surface area (Å²) in [7, 11) is 1.55. The Morgan fingerprint density at radius 3 is 2.76 bits per heavy atom. The molecule has 9 nitrogen and oxygen atoms in total. The van der Waals surface area contributed by atoms with Crippen LogP contribution in [-0.4, -0.2) is 50.1 Å². The molecule has 0 unspecified atom stereocenters. The minimum Gasteiger partial charge on any atom is -0.496 e. The number of fused-ring (bicyclic) bond motifs is 1. The summed E-state index contributed by atoms with van der Waals surface area (Å²) in [5.74, 6) is 1.35. The summed E-state index contributed by atoms with van der Waals surface area (Å²) in [6, 6.07) is 9.29. The molecule has 3 aromatic rings. The van der Waals surface area contributed by atoms with Gasteiger partial charge in [0.2, 0.25) is 5.91 Å². The first-order chi connectivity index (χ1) is 16.4. The van der Waals surface area contributed by atoms with Crippen molar-refractivity contribution in [3.8, 4) is 17.3 Å². The maximum Gasteiger partial charge on any atom is 0.260 e. The van der Waals surface area contributed by atoms with E-state index < -0.39 is 0 Å². The van der Waals surface area contributed by atoms with Crippen molar-refractivity contribution in [1.29, 1.82) is 0 Å². The molecule has 0 aliphatic carbocycles. The SMILES string of the molecule is CCCC(=O)N1CCc2cc(OC)c(C(=O)Nc3cccc(-c4nncn4C(C)C)n3)cc2C1. The van der Waals surface area contributed by atoms with Crippen LogP contribution in [0.15, 0.2) is 36.7 Å². The molecule has 3 heterocycles. The molecular weight excluding hydrogens is 432 g/mol. The topological polar surface area (TPSA) is 102 Å². The lowest BCUT2D eigenvalue weighted by molar-refractivity contribution is -0.132. The van der Waals surface area contributed by atoms with Crippen molar-refractivity contribution < 1.29 is 14.3 Å². The van der Waals surface area contributed by atoms with Crippen molar-refractivity contribution in [3.63, 3.8) is 0 Å². The predicted molar refractivity (Wildman–Crippen MR) is 129 cm³/mol. The maximum atomic E-state index is 13.2. The second kappa shape index (κ2) is 10.0. The third kappa shape index (κ3) is 4.78. The fraction of sp³-hybridized carbons (Fsp3) is 0.400. The third-order valence-corrected chi connectivity index (χ3v) is 5.94. The number of carbonyl (C=O) groups is 2. The molecule has 2 aromatic heterocycles. The van der Waals surface area contributed by atoms with Gasteiger partial charge in [0.15, 0.2) is 5.82 Å². The van der Waals surface area contributed by atoms with Crippen LogP contribution in [0.4, 0.5) is 5.82 Å². The highest BCUT2D eigenvalue weighted by molar-refractivity contribution is 6.06. The molecule has 9 heteroatoms. The van der Waals surface area contributed by atoms with Crippen molar-refractivity contribution in [1.82, 2.24) is 24.6 Å². The van der Waals surface area contributed by atoms with E-state index >= 15 is 0 Å². The molecule has 0 bridgehead atoms. The molecule has 2 amide bonds. The Hall–Kier alpha value is -3.75. The van der Waals surface area contributed by atoms with Gasteiger partial charge in [-0.05, 0) is 62.1 Å². The lowest BCUT2D eigenvalue weighted by atomic mass is 9.96. The van der Waals surface area contributed by atoms with E-state index in [-0.39, 0.29) is 17.9 Å². The summed E-state index contributed by atoms with van der Waals surface area (Å²) >= 11 is 0. The largest absolute Gasteiger partial charge is 0.496 e. The molecule has 0 atom stereocenters. The molecule has 0 radical (unpaired) electrons. The van der Waals surface area contributed by atoms with Gasteiger partial charge in [-0.1, -0.05) is 13.0 Å². The predicted octanol–water partition coefficient (Wildman–Crippen LogP) is 3.87. The molecular formula is C25H30N6O3. The number of aromatic nitrogens is 4. The van der Waals surface area contributed by atoms with Crippen LogP contribution < -0.4 is 10.1 Å². The average Bonchev–Trinajstić information content (AvgIpc) is 3.33. The molecule has 4 rings (SSSR count). The zero-order chi connectivity index (χ0) is 24.2. The summed E-state index contributed by atoms with van der Waals surface area (Å²) in [6.07, 6.45) is 3.76. The van der Waals surface area contributed by atoms with E-state index in [4.69, 9.17) is 4.74 Å². The van der Waals surface area contributed by atoms with Crippen molar-refractivity contribution in [3.05, 3.63) is 53.3 Å². The van der Waals surface area contributed by atoms with Gasteiger partial charge in [-0.2, -0.15) is 0 Å². The van der Waals surface area contributed by atoms with E-state index in [1.54, 1.807) is 19.5 Å². The summed E-state index contributed by atoms with van der Waals surface area (Å²) in [4.78, 5) is 32.0. The zero-order valence-electron chi connectivity index (χ0n) is 20.0. The minimum absolute atomic E-state index is 0.144. The fourth-order valence-electron chi connectivity index (χ4n) is 4.13. The second-order valence-corrected chi connectivity index (χ2v) is 8.65. The lowest BCUT2D eigenvalue weighted by Crippen LogP contribution is -2.36. The van der Waals surface area contributed by atoms with Gasteiger partial charge in [-0.3, -0.25) is 9.59 Å². The van der Waals surface area contributed by atoms with E-state index in [2.05, 4.69) is 20.5 Å². The summed E-state index contributed by atoms with van der Waals surface area (Å²) in [6.45, 7) is 7.25. The number of carbonyl (C=O) groups excluding carboxylic acids is 2. The van der Waals surface area contributed by atoms with Crippen LogP contribution >= 0.6 is 0 Å². The summed E-state index contributed by atoms with van der Waals surface area (Å²) in [5.41, 5.74) is 3.09. The van der Waals surface area contributed by atoms with Gasteiger partial charge in [-0.15, -0.1) is 10.2 Å². The Morgan fingerprint density at radius 2 is 2.03 bits per heavy atom. The van der Waals surface area contributed by atoms with Gasteiger partial charge in [0.1, 0.15) is 23.6 Å². The maximum absolute atomic E-state index is 13.2. The lowest BCUT2D eigenvalue weighted by Gasteiger charge is -2.29. The number of ether oxygens (including phenoxy) is 1. The number of hydrogen-bond donors (Lipinski definition) is 1. The number of nitrogens with one attached hydrogen (secondary N) is 1. The monoisotopic (exact) mass is 462 g/mol. The quantitative estimate of drug-likeness (QED) is 0.572. The highest BCUT2D eigenvalue weighted by Gasteiger charge is 2.24.